The van der Waals surface area contributed by atoms with Crippen molar-refractivity contribution in [2.24, 2.45) is 11.3 Å². The summed E-state index contributed by atoms with van der Waals surface area (Å²) in [6, 6.07) is 6.05. The van der Waals surface area contributed by atoms with Crippen LogP contribution in [0.3, 0.4) is 0 Å². The fourth-order valence-corrected chi connectivity index (χ4v) is 4.10. The zero-order valence-corrected chi connectivity index (χ0v) is 15.8. The molecule has 0 radical (unpaired) electrons. The molecular weight excluding hydrogens is 333 g/mol. The third-order valence-corrected chi connectivity index (χ3v) is 4.93. The summed E-state index contributed by atoms with van der Waals surface area (Å²) in [5, 5.41) is 7.47. The molecule has 1 N–H and O–H groups in total. The maximum atomic E-state index is 13.1. The number of hydrogen-bond donors (Lipinski definition) is 1. The molecule has 1 aliphatic rings. The third kappa shape index (κ3) is 4.06. The summed E-state index contributed by atoms with van der Waals surface area (Å²) in [5.74, 6) is 0.412. The Balaban J connectivity index is 1.79. The van der Waals surface area contributed by atoms with Crippen molar-refractivity contribution in [2.75, 3.05) is 7.11 Å². The van der Waals surface area contributed by atoms with Gasteiger partial charge in [0.2, 0.25) is 0 Å². The third-order valence-electron chi connectivity index (χ3n) is 4.93. The van der Waals surface area contributed by atoms with E-state index in [9.17, 15) is 9.18 Å². The van der Waals surface area contributed by atoms with Crippen LogP contribution in [-0.2, 0) is 0 Å². The number of hydrogen-bond acceptors (Lipinski definition) is 3. The van der Waals surface area contributed by atoms with Gasteiger partial charge in [0.05, 0.1) is 19.0 Å². The average molecular weight is 359 g/mol. The maximum Gasteiger partial charge on any atom is 0.275 e. The molecule has 3 rings (SSSR count). The Morgan fingerprint density at radius 2 is 2.00 bits per heavy atom. The lowest BCUT2D eigenvalue weighted by Gasteiger charge is -2.39. The van der Waals surface area contributed by atoms with Gasteiger partial charge in [-0.05, 0) is 54.9 Å². The van der Waals surface area contributed by atoms with Gasteiger partial charge in [0.15, 0.2) is 11.4 Å². The van der Waals surface area contributed by atoms with E-state index in [4.69, 9.17) is 4.74 Å². The number of benzene rings is 1. The van der Waals surface area contributed by atoms with Crippen molar-refractivity contribution in [2.45, 2.75) is 46.1 Å². The highest BCUT2D eigenvalue weighted by Crippen LogP contribution is 2.38. The molecule has 140 valence electrons. The highest BCUT2D eigenvalue weighted by atomic mass is 19.1. The summed E-state index contributed by atoms with van der Waals surface area (Å²) in [6.07, 6.45) is 4.72. The molecule has 5 nitrogen and oxygen atoms in total. The molecule has 0 bridgehead atoms. The molecule has 6 heteroatoms. The van der Waals surface area contributed by atoms with E-state index in [0.29, 0.717) is 17.4 Å². The quantitative estimate of drug-likeness (QED) is 0.899. The van der Waals surface area contributed by atoms with Crippen LogP contribution < -0.4 is 10.1 Å². The number of carbonyl (C=O) groups excluding carboxylic acids is 1. The number of ether oxygens (including phenoxy) is 1. The molecule has 2 atom stereocenters. The summed E-state index contributed by atoms with van der Waals surface area (Å²) in [7, 11) is 1.51. The van der Waals surface area contributed by atoms with Gasteiger partial charge in [-0.2, -0.15) is 5.10 Å². The zero-order chi connectivity index (χ0) is 18.9. The van der Waals surface area contributed by atoms with Crippen LogP contribution in [0.1, 0.15) is 50.5 Å². The molecule has 1 aromatic carbocycles. The first-order valence-electron chi connectivity index (χ1n) is 8.98. The normalized spacial score (nSPS) is 22.0. The second-order valence-electron chi connectivity index (χ2n) is 8.05. The molecule has 1 aromatic heterocycles. The number of nitrogens with one attached hydrogen (secondary N) is 1. The molecule has 2 aromatic rings. The first kappa shape index (κ1) is 18.4. The van der Waals surface area contributed by atoms with E-state index in [1.807, 2.05) is 0 Å². The van der Waals surface area contributed by atoms with Crippen molar-refractivity contribution in [3.63, 3.8) is 0 Å². The molecule has 0 aliphatic heterocycles. The molecule has 1 fully saturated rings. The van der Waals surface area contributed by atoms with Crippen molar-refractivity contribution in [1.82, 2.24) is 15.1 Å². The van der Waals surface area contributed by atoms with Crippen LogP contribution in [0.2, 0.25) is 0 Å². The summed E-state index contributed by atoms with van der Waals surface area (Å²) < 4.78 is 20.0. The highest BCUT2D eigenvalue weighted by molar-refractivity contribution is 5.95. The highest BCUT2D eigenvalue weighted by Gasteiger charge is 2.33. The molecule has 1 aliphatic carbocycles. The molecule has 26 heavy (non-hydrogen) atoms. The van der Waals surface area contributed by atoms with Gasteiger partial charge in [-0.25, -0.2) is 9.07 Å². The number of carbonyl (C=O) groups is 1. The van der Waals surface area contributed by atoms with Gasteiger partial charge in [-0.15, -0.1) is 0 Å². The number of aromatic nitrogens is 2. The van der Waals surface area contributed by atoms with Crippen molar-refractivity contribution in [3.8, 4) is 11.4 Å². The minimum absolute atomic E-state index is 0.127. The molecule has 1 amide bonds. The van der Waals surface area contributed by atoms with Crippen LogP contribution >= 0.6 is 0 Å². The Morgan fingerprint density at radius 3 is 2.62 bits per heavy atom. The van der Waals surface area contributed by atoms with Crippen molar-refractivity contribution in [1.29, 1.82) is 0 Å². The maximum absolute atomic E-state index is 13.1. The van der Waals surface area contributed by atoms with Crippen molar-refractivity contribution in [3.05, 3.63) is 42.0 Å². The molecular formula is C20H26FN3O2. The zero-order valence-electron chi connectivity index (χ0n) is 15.8. The van der Waals surface area contributed by atoms with E-state index >= 15 is 0 Å². The Labute approximate surface area is 153 Å². The summed E-state index contributed by atoms with van der Waals surface area (Å²) >= 11 is 0. The largest absolute Gasteiger partial charge is 0.493 e. The molecule has 2 unspecified atom stereocenters. The average Bonchev–Trinajstić information content (AvgIpc) is 2.98. The van der Waals surface area contributed by atoms with Gasteiger partial charge in [-0.3, -0.25) is 4.79 Å². The Kier molecular flexibility index (Phi) is 5.03. The van der Waals surface area contributed by atoms with Crippen molar-refractivity contribution >= 4 is 5.91 Å². The predicted molar refractivity (Wildman–Crippen MR) is 98.1 cm³/mol. The number of rotatable bonds is 4. The number of halogens is 1. The standard InChI is InChI=1S/C20H26FN3O2/c1-13-9-15(11-20(2,3)10-13)22-19(25)18-17(26-4)12-24(23-18)16-7-5-14(21)6-8-16/h5-8,12-13,15H,9-11H2,1-4H3,(H,22,25). The van der Waals surface area contributed by atoms with E-state index in [0.717, 1.165) is 12.8 Å². The smallest absolute Gasteiger partial charge is 0.275 e. The molecule has 0 saturated heterocycles. The molecule has 1 saturated carbocycles. The van der Waals surface area contributed by atoms with Crippen LogP contribution in [0.5, 0.6) is 5.75 Å². The SMILES string of the molecule is COc1cn(-c2ccc(F)cc2)nc1C(=O)NC1CC(C)CC(C)(C)C1. The van der Waals surface area contributed by atoms with Crippen LogP contribution in [0.25, 0.3) is 5.69 Å². The number of amides is 1. The topological polar surface area (TPSA) is 56.2 Å². The van der Waals surface area contributed by atoms with Gasteiger partial charge in [0.25, 0.3) is 5.91 Å². The molecule has 0 spiro atoms. The van der Waals surface area contributed by atoms with E-state index in [1.54, 1.807) is 18.3 Å². The van der Waals surface area contributed by atoms with Gasteiger partial charge in [0, 0.05) is 6.04 Å². The van der Waals surface area contributed by atoms with Crippen LogP contribution in [0.15, 0.2) is 30.5 Å². The van der Waals surface area contributed by atoms with Crippen molar-refractivity contribution < 1.29 is 13.9 Å². The monoisotopic (exact) mass is 359 g/mol. The van der Waals surface area contributed by atoms with E-state index in [-0.39, 0.29) is 28.9 Å². The second kappa shape index (κ2) is 7.09. The summed E-state index contributed by atoms with van der Waals surface area (Å²) in [6.45, 7) is 6.71. The van der Waals surface area contributed by atoms with Gasteiger partial charge in [0.1, 0.15) is 5.82 Å². The predicted octanol–water partition coefficient (Wildman–Crippen LogP) is 3.96. The summed E-state index contributed by atoms with van der Waals surface area (Å²) in [5.41, 5.74) is 1.12. The van der Waals surface area contributed by atoms with Crippen LogP contribution in [-0.4, -0.2) is 28.8 Å². The minimum atomic E-state index is -0.320. The summed E-state index contributed by atoms with van der Waals surface area (Å²) in [4.78, 5) is 12.8. The van der Waals surface area contributed by atoms with E-state index < -0.39 is 0 Å². The van der Waals surface area contributed by atoms with Crippen LogP contribution in [0.4, 0.5) is 4.39 Å². The fraction of sp³-hybridized carbons (Fsp3) is 0.500. The van der Waals surface area contributed by atoms with Gasteiger partial charge >= 0.3 is 0 Å². The Hall–Kier alpha value is -2.37. The first-order valence-corrected chi connectivity index (χ1v) is 8.98. The van der Waals surface area contributed by atoms with Gasteiger partial charge < -0.3 is 10.1 Å². The minimum Gasteiger partial charge on any atom is -0.493 e. The van der Waals surface area contributed by atoms with Crippen LogP contribution in [0, 0.1) is 17.2 Å². The van der Waals surface area contributed by atoms with Gasteiger partial charge in [-0.1, -0.05) is 20.8 Å². The second-order valence-corrected chi connectivity index (χ2v) is 8.05. The number of methoxy groups -OCH3 is 1. The lowest BCUT2D eigenvalue weighted by molar-refractivity contribution is 0.0866. The molecule has 1 heterocycles. The number of nitrogens with zero attached hydrogens (tertiary/aromatic N) is 2. The lowest BCUT2D eigenvalue weighted by atomic mass is 9.70. The Morgan fingerprint density at radius 1 is 1.31 bits per heavy atom. The first-order chi connectivity index (χ1) is 12.3. The fourth-order valence-electron chi connectivity index (χ4n) is 4.10. The lowest BCUT2D eigenvalue weighted by Crippen LogP contribution is -2.43. The van der Waals surface area contributed by atoms with E-state index in [1.165, 1.54) is 30.3 Å². The Bertz CT molecular complexity index is 783. The van der Waals surface area contributed by atoms with E-state index in [2.05, 4.69) is 31.2 Å².